The van der Waals surface area contributed by atoms with Crippen LogP contribution >= 0.6 is 0 Å². The van der Waals surface area contributed by atoms with Crippen molar-refractivity contribution in [3.8, 4) is 0 Å². The maximum atomic E-state index is 11.3. The summed E-state index contributed by atoms with van der Waals surface area (Å²) in [6.45, 7) is 2.45. The van der Waals surface area contributed by atoms with Gasteiger partial charge in [0, 0.05) is 25.3 Å². The van der Waals surface area contributed by atoms with Crippen molar-refractivity contribution in [2.75, 3.05) is 32.2 Å². The molecule has 5 heteroatoms. The van der Waals surface area contributed by atoms with Crippen molar-refractivity contribution in [2.24, 2.45) is 5.92 Å². The number of nitrogens with one attached hydrogen (secondary N) is 1. The number of methoxy groups -OCH3 is 1. The van der Waals surface area contributed by atoms with E-state index in [0.717, 1.165) is 26.2 Å². The summed E-state index contributed by atoms with van der Waals surface area (Å²) in [7, 11) is 1.37. The Bertz CT molecular complexity index is 389. The third-order valence-electron chi connectivity index (χ3n) is 2.78. The first kappa shape index (κ1) is 11.9. The van der Waals surface area contributed by atoms with Gasteiger partial charge in [-0.2, -0.15) is 0 Å². The smallest absolute Gasteiger partial charge is 0.338 e. The van der Waals surface area contributed by atoms with Crippen LogP contribution in [0.15, 0.2) is 18.3 Å². The Kier molecular flexibility index (Phi) is 3.93. The van der Waals surface area contributed by atoms with E-state index < -0.39 is 0 Å². The average Bonchev–Trinajstić information content (AvgIpc) is 2.89. The molecule has 1 N–H and O–H groups in total. The van der Waals surface area contributed by atoms with E-state index in [9.17, 15) is 4.79 Å². The van der Waals surface area contributed by atoms with Gasteiger partial charge in [-0.1, -0.05) is 0 Å². The van der Waals surface area contributed by atoms with Crippen LogP contribution in [-0.2, 0) is 9.47 Å². The van der Waals surface area contributed by atoms with Crippen LogP contribution in [0.4, 0.5) is 5.82 Å². The van der Waals surface area contributed by atoms with Crippen LogP contribution in [0.25, 0.3) is 0 Å². The number of pyridine rings is 1. The maximum Gasteiger partial charge on any atom is 0.338 e. The molecule has 2 heterocycles. The molecule has 1 aromatic heterocycles. The summed E-state index contributed by atoms with van der Waals surface area (Å²) in [6, 6.07) is 3.33. The molecule has 1 aromatic rings. The van der Waals surface area contributed by atoms with Gasteiger partial charge in [-0.15, -0.1) is 0 Å². The molecule has 1 aliphatic heterocycles. The third kappa shape index (κ3) is 3.17. The molecule has 1 atom stereocenters. The number of carbonyl (C=O) groups excluding carboxylic acids is 1. The van der Waals surface area contributed by atoms with Crippen molar-refractivity contribution in [2.45, 2.75) is 6.42 Å². The molecule has 1 unspecified atom stereocenters. The molecule has 1 fully saturated rings. The van der Waals surface area contributed by atoms with E-state index in [1.54, 1.807) is 18.3 Å². The van der Waals surface area contributed by atoms with Crippen LogP contribution in [0.5, 0.6) is 0 Å². The minimum absolute atomic E-state index is 0.348. The Morgan fingerprint density at radius 2 is 2.59 bits per heavy atom. The Morgan fingerprint density at radius 3 is 3.29 bits per heavy atom. The molecule has 0 bridgehead atoms. The Hall–Kier alpha value is -1.62. The molecular weight excluding hydrogens is 220 g/mol. The zero-order valence-corrected chi connectivity index (χ0v) is 9.81. The third-order valence-corrected chi connectivity index (χ3v) is 2.78. The zero-order valence-electron chi connectivity index (χ0n) is 9.81. The van der Waals surface area contributed by atoms with Crippen LogP contribution in [0.3, 0.4) is 0 Å². The van der Waals surface area contributed by atoms with Crippen molar-refractivity contribution >= 4 is 11.8 Å². The minimum Gasteiger partial charge on any atom is -0.465 e. The second kappa shape index (κ2) is 5.63. The number of hydrogen-bond donors (Lipinski definition) is 1. The number of nitrogens with zero attached hydrogens (tertiary/aromatic N) is 1. The van der Waals surface area contributed by atoms with Gasteiger partial charge in [-0.3, -0.25) is 0 Å². The minimum atomic E-state index is -0.348. The van der Waals surface area contributed by atoms with Gasteiger partial charge in [0.15, 0.2) is 0 Å². The molecule has 0 saturated carbocycles. The van der Waals surface area contributed by atoms with Crippen LogP contribution < -0.4 is 5.32 Å². The highest BCUT2D eigenvalue weighted by Gasteiger charge is 2.15. The van der Waals surface area contributed by atoms with Gasteiger partial charge in [0.25, 0.3) is 0 Å². The quantitative estimate of drug-likeness (QED) is 0.799. The number of rotatable bonds is 4. The topological polar surface area (TPSA) is 60.5 Å². The van der Waals surface area contributed by atoms with Crippen LogP contribution in [0.1, 0.15) is 16.8 Å². The molecule has 1 saturated heterocycles. The molecule has 92 valence electrons. The number of aromatic nitrogens is 1. The number of ether oxygens (including phenoxy) is 2. The molecule has 0 spiro atoms. The zero-order chi connectivity index (χ0) is 12.1. The lowest BCUT2D eigenvalue weighted by Gasteiger charge is -2.10. The van der Waals surface area contributed by atoms with Crippen molar-refractivity contribution in [1.29, 1.82) is 0 Å². The van der Waals surface area contributed by atoms with Crippen molar-refractivity contribution < 1.29 is 14.3 Å². The van der Waals surface area contributed by atoms with Gasteiger partial charge in [0.1, 0.15) is 5.82 Å². The number of hydrogen-bond acceptors (Lipinski definition) is 5. The lowest BCUT2D eigenvalue weighted by atomic mass is 10.1. The van der Waals surface area contributed by atoms with E-state index in [0.29, 0.717) is 17.3 Å². The molecule has 1 aliphatic rings. The van der Waals surface area contributed by atoms with E-state index in [4.69, 9.17) is 4.74 Å². The van der Waals surface area contributed by atoms with Gasteiger partial charge < -0.3 is 14.8 Å². The summed E-state index contributed by atoms with van der Waals surface area (Å²) in [6.07, 6.45) is 2.67. The van der Waals surface area contributed by atoms with Gasteiger partial charge in [-0.05, 0) is 18.6 Å². The molecule has 0 amide bonds. The van der Waals surface area contributed by atoms with Crippen molar-refractivity contribution in [3.05, 3.63) is 23.9 Å². The van der Waals surface area contributed by atoms with Crippen LogP contribution in [0.2, 0.25) is 0 Å². The Balaban J connectivity index is 1.93. The molecular formula is C12H16N2O3. The summed E-state index contributed by atoms with van der Waals surface area (Å²) in [4.78, 5) is 15.5. The highest BCUT2D eigenvalue weighted by atomic mass is 16.5. The highest BCUT2D eigenvalue weighted by molar-refractivity contribution is 5.89. The van der Waals surface area contributed by atoms with E-state index in [-0.39, 0.29) is 5.97 Å². The molecule has 5 nitrogen and oxygen atoms in total. The van der Waals surface area contributed by atoms with Crippen LogP contribution in [-0.4, -0.2) is 37.8 Å². The largest absolute Gasteiger partial charge is 0.465 e. The average molecular weight is 236 g/mol. The van der Waals surface area contributed by atoms with E-state index >= 15 is 0 Å². The molecule has 0 radical (unpaired) electrons. The van der Waals surface area contributed by atoms with Gasteiger partial charge in [-0.25, -0.2) is 9.78 Å². The summed E-state index contributed by atoms with van der Waals surface area (Å²) in [5.74, 6) is 0.873. The lowest BCUT2D eigenvalue weighted by molar-refractivity contribution is 0.0600. The predicted molar refractivity (Wildman–Crippen MR) is 63.0 cm³/mol. The summed E-state index contributed by atoms with van der Waals surface area (Å²) in [5, 5.41) is 3.21. The lowest BCUT2D eigenvalue weighted by Crippen LogP contribution is -2.15. The number of anilines is 1. The predicted octanol–water partition coefficient (Wildman–Crippen LogP) is 1.32. The first-order chi connectivity index (χ1) is 8.29. The number of esters is 1. The highest BCUT2D eigenvalue weighted by Crippen LogP contribution is 2.14. The fraction of sp³-hybridized carbons (Fsp3) is 0.500. The Labute approximate surface area is 100 Å². The standard InChI is InChI=1S/C12H16N2O3/c1-16-12(15)10-2-4-13-11(6-10)14-7-9-3-5-17-8-9/h2,4,6,9H,3,5,7-8H2,1H3,(H,13,14). The second-order valence-electron chi connectivity index (χ2n) is 4.03. The van der Waals surface area contributed by atoms with Crippen molar-refractivity contribution in [1.82, 2.24) is 4.98 Å². The fourth-order valence-electron chi connectivity index (χ4n) is 1.77. The normalized spacial score (nSPS) is 19.0. The molecule has 2 rings (SSSR count). The van der Waals surface area contributed by atoms with E-state index in [2.05, 4.69) is 15.0 Å². The SMILES string of the molecule is COC(=O)c1ccnc(NCC2CCOC2)c1. The van der Waals surface area contributed by atoms with E-state index in [1.165, 1.54) is 7.11 Å². The molecule has 0 aliphatic carbocycles. The first-order valence-corrected chi connectivity index (χ1v) is 5.65. The monoisotopic (exact) mass is 236 g/mol. The fourth-order valence-corrected chi connectivity index (χ4v) is 1.77. The van der Waals surface area contributed by atoms with Gasteiger partial charge >= 0.3 is 5.97 Å². The summed E-state index contributed by atoms with van der Waals surface area (Å²) >= 11 is 0. The summed E-state index contributed by atoms with van der Waals surface area (Å²) in [5.41, 5.74) is 0.507. The van der Waals surface area contributed by atoms with Gasteiger partial charge in [0.05, 0.1) is 19.3 Å². The summed E-state index contributed by atoms with van der Waals surface area (Å²) < 4.78 is 9.95. The van der Waals surface area contributed by atoms with Crippen LogP contribution in [0, 0.1) is 5.92 Å². The van der Waals surface area contributed by atoms with E-state index in [1.807, 2.05) is 0 Å². The molecule has 17 heavy (non-hydrogen) atoms. The number of carbonyl (C=O) groups is 1. The first-order valence-electron chi connectivity index (χ1n) is 5.65. The second-order valence-corrected chi connectivity index (χ2v) is 4.03. The Morgan fingerprint density at radius 1 is 1.71 bits per heavy atom. The van der Waals surface area contributed by atoms with Crippen molar-refractivity contribution in [3.63, 3.8) is 0 Å². The molecule has 0 aromatic carbocycles. The maximum absolute atomic E-state index is 11.3. The van der Waals surface area contributed by atoms with Gasteiger partial charge in [0.2, 0.25) is 0 Å².